The Morgan fingerprint density at radius 1 is 1.15 bits per heavy atom. The number of imidazole rings is 1. The second-order valence-corrected chi connectivity index (χ2v) is 6.63. The van der Waals surface area contributed by atoms with Crippen LogP contribution in [0.25, 0.3) is 11.0 Å². The van der Waals surface area contributed by atoms with Crippen molar-refractivity contribution < 1.29 is 4.79 Å². The normalized spacial score (nSPS) is 12.2. The number of nitrogens with one attached hydrogen (secondary N) is 1. The van der Waals surface area contributed by atoms with Crippen molar-refractivity contribution in [2.45, 2.75) is 26.3 Å². The van der Waals surface area contributed by atoms with Crippen LogP contribution in [0.3, 0.4) is 0 Å². The maximum Gasteiger partial charge on any atom is 0.223 e. The molecule has 3 N–H and O–H groups in total. The first kappa shape index (κ1) is 18.1. The lowest BCUT2D eigenvalue weighted by Gasteiger charge is -2.14. The van der Waals surface area contributed by atoms with Crippen molar-refractivity contribution in [1.82, 2.24) is 14.9 Å². The molecular formula is C21H26N4O. The summed E-state index contributed by atoms with van der Waals surface area (Å²) in [6.45, 7) is 3.91. The number of nitrogens with zero attached hydrogens (tertiary/aromatic N) is 2. The minimum Gasteiger partial charge on any atom is -0.356 e. The second kappa shape index (κ2) is 8.63. The Labute approximate surface area is 154 Å². The zero-order chi connectivity index (χ0) is 18.4. The molecule has 0 bridgehead atoms. The molecule has 0 saturated heterocycles. The van der Waals surface area contributed by atoms with E-state index >= 15 is 0 Å². The van der Waals surface area contributed by atoms with Gasteiger partial charge in [-0.2, -0.15) is 0 Å². The first-order valence-corrected chi connectivity index (χ1v) is 9.15. The monoisotopic (exact) mass is 350 g/mol. The van der Waals surface area contributed by atoms with Crippen LogP contribution in [0.4, 0.5) is 0 Å². The number of aromatic nitrogens is 2. The van der Waals surface area contributed by atoms with E-state index in [-0.39, 0.29) is 11.8 Å². The summed E-state index contributed by atoms with van der Waals surface area (Å²) < 4.78 is 2.22. The summed E-state index contributed by atoms with van der Waals surface area (Å²) in [6.07, 6.45) is 1.40. The zero-order valence-electron chi connectivity index (χ0n) is 15.2. The van der Waals surface area contributed by atoms with E-state index in [1.807, 2.05) is 43.3 Å². The summed E-state index contributed by atoms with van der Waals surface area (Å²) in [5.41, 5.74) is 8.77. The number of amides is 1. The Balaban J connectivity index is 1.83. The van der Waals surface area contributed by atoms with Gasteiger partial charge in [-0.15, -0.1) is 0 Å². The molecule has 3 aromatic rings. The summed E-state index contributed by atoms with van der Waals surface area (Å²) in [5.74, 6) is 0.854. The number of rotatable bonds is 8. The highest BCUT2D eigenvalue weighted by molar-refractivity contribution is 5.79. The van der Waals surface area contributed by atoms with Crippen LogP contribution in [-0.2, 0) is 17.8 Å². The molecule has 0 aliphatic heterocycles. The van der Waals surface area contributed by atoms with E-state index in [0.717, 1.165) is 29.8 Å². The lowest BCUT2D eigenvalue weighted by atomic mass is 10.1. The summed E-state index contributed by atoms with van der Waals surface area (Å²) >= 11 is 0. The van der Waals surface area contributed by atoms with E-state index in [4.69, 9.17) is 10.7 Å². The van der Waals surface area contributed by atoms with Crippen LogP contribution in [0.15, 0.2) is 54.6 Å². The van der Waals surface area contributed by atoms with Gasteiger partial charge in [0, 0.05) is 25.4 Å². The maximum atomic E-state index is 12.3. The largest absolute Gasteiger partial charge is 0.356 e. The quantitative estimate of drug-likeness (QED) is 0.614. The summed E-state index contributed by atoms with van der Waals surface area (Å²) in [4.78, 5) is 17.1. The first-order chi connectivity index (χ1) is 12.7. The molecule has 1 heterocycles. The smallest absolute Gasteiger partial charge is 0.223 e. The molecule has 0 saturated carbocycles. The van der Waals surface area contributed by atoms with Gasteiger partial charge in [-0.1, -0.05) is 49.4 Å². The van der Waals surface area contributed by atoms with Crippen molar-refractivity contribution in [1.29, 1.82) is 0 Å². The van der Waals surface area contributed by atoms with Gasteiger partial charge in [0.25, 0.3) is 0 Å². The third-order valence-corrected chi connectivity index (χ3v) is 4.53. The van der Waals surface area contributed by atoms with Gasteiger partial charge in [-0.25, -0.2) is 4.98 Å². The summed E-state index contributed by atoms with van der Waals surface area (Å²) in [5, 5.41) is 2.95. The number of hydrogen-bond donors (Lipinski definition) is 2. The van der Waals surface area contributed by atoms with Crippen LogP contribution >= 0.6 is 0 Å². The predicted molar refractivity (Wildman–Crippen MR) is 105 cm³/mol. The van der Waals surface area contributed by atoms with Crippen molar-refractivity contribution in [3.63, 3.8) is 0 Å². The van der Waals surface area contributed by atoms with Crippen LogP contribution in [0.2, 0.25) is 0 Å². The standard InChI is InChI=1S/C21H26N4O/c1-16(21(26)23-13-7-12-22)14-20-24-18-10-5-6-11-19(18)25(20)15-17-8-3-2-4-9-17/h2-6,8-11,16H,7,12-15,22H2,1H3,(H,23,26). The average molecular weight is 350 g/mol. The van der Waals surface area contributed by atoms with E-state index in [1.165, 1.54) is 5.56 Å². The van der Waals surface area contributed by atoms with Gasteiger partial charge in [-0.05, 0) is 30.7 Å². The molecule has 136 valence electrons. The van der Waals surface area contributed by atoms with Crippen molar-refractivity contribution >= 4 is 16.9 Å². The highest BCUT2D eigenvalue weighted by Crippen LogP contribution is 2.20. The van der Waals surface area contributed by atoms with Gasteiger partial charge >= 0.3 is 0 Å². The van der Waals surface area contributed by atoms with E-state index in [9.17, 15) is 4.79 Å². The molecule has 1 atom stereocenters. The molecule has 2 aromatic carbocycles. The van der Waals surface area contributed by atoms with Crippen molar-refractivity contribution in [3.8, 4) is 0 Å². The Kier molecular flexibility index (Phi) is 6.02. The van der Waals surface area contributed by atoms with E-state index in [1.54, 1.807) is 0 Å². The molecule has 26 heavy (non-hydrogen) atoms. The number of carbonyl (C=O) groups is 1. The van der Waals surface area contributed by atoms with Gasteiger partial charge in [0.05, 0.1) is 11.0 Å². The minimum absolute atomic E-state index is 0.0526. The molecule has 0 radical (unpaired) electrons. The first-order valence-electron chi connectivity index (χ1n) is 9.15. The molecule has 5 nitrogen and oxygen atoms in total. The minimum atomic E-state index is -0.140. The van der Waals surface area contributed by atoms with Gasteiger partial charge in [0.2, 0.25) is 5.91 Å². The van der Waals surface area contributed by atoms with Crippen LogP contribution in [0, 0.1) is 5.92 Å². The fourth-order valence-electron chi connectivity index (χ4n) is 3.08. The van der Waals surface area contributed by atoms with Crippen LogP contribution in [0.1, 0.15) is 24.7 Å². The number of hydrogen-bond acceptors (Lipinski definition) is 3. The van der Waals surface area contributed by atoms with Crippen molar-refractivity contribution in [3.05, 3.63) is 66.0 Å². The highest BCUT2D eigenvalue weighted by Gasteiger charge is 2.18. The molecule has 3 rings (SSSR count). The summed E-state index contributed by atoms with van der Waals surface area (Å²) in [6, 6.07) is 18.5. The molecule has 0 aliphatic rings. The molecule has 1 unspecified atom stereocenters. The Hall–Kier alpha value is -2.66. The van der Waals surface area contributed by atoms with Gasteiger partial charge in [0.15, 0.2) is 0 Å². The number of fused-ring (bicyclic) bond motifs is 1. The SMILES string of the molecule is CC(Cc1nc2ccccc2n1Cc1ccccc1)C(=O)NCCCN. The fourth-order valence-corrected chi connectivity index (χ4v) is 3.08. The number of para-hydroxylation sites is 2. The fraction of sp³-hybridized carbons (Fsp3) is 0.333. The lowest BCUT2D eigenvalue weighted by molar-refractivity contribution is -0.124. The van der Waals surface area contributed by atoms with Gasteiger partial charge in [0.1, 0.15) is 5.82 Å². The highest BCUT2D eigenvalue weighted by atomic mass is 16.1. The van der Waals surface area contributed by atoms with Gasteiger partial charge in [-0.3, -0.25) is 4.79 Å². The summed E-state index contributed by atoms with van der Waals surface area (Å²) in [7, 11) is 0. The third-order valence-electron chi connectivity index (χ3n) is 4.53. The van der Waals surface area contributed by atoms with Crippen LogP contribution in [0.5, 0.6) is 0 Å². The molecular weight excluding hydrogens is 324 g/mol. The lowest BCUT2D eigenvalue weighted by Crippen LogP contribution is -2.32. The Bertz CT molecular complexity index is 857. The maximum absolute atomic E-state index is 12.3. The van der Waals surface area contributed by atoms with Crippen molar-refractivity contribution in [2.24, 2.45) is 11.7 Å². The Morgan fingerprint density at radius 3 is 2.65 bits per heavy atom. The topological polar surface area (TPSA) is 72.9 Å². The molecule has 0 spiro atoms. The van der Waals surface area contributed by atoms with Crippen LogP contribution < -0.4 is 11.1 Å². The number of nitrogens with two attached hydrogens (primary N) is 1. The van der Waals surface area contributed by atoms with Gasteiger partial charge < -0.3 is 15.6 Å². The third kappa shape index (κ3) is 4.29. The predicted octanol–water partition coefficient (Wildman–Crippen LogP) is 2.73. The van der Waals surface area contributed by atoms with E-state index in [0.29, 0.717) is 19.5 Å². The molecule has 0 aliphatic carbocycles. The molecule has 1 aromatic heterocycles. The molecule has 5 heteroatoms. The average Bonchev–Trinajstić information content (AvgIpc) is 3.00. The Morgan fingerprint density at radius 2 is 1.88 bits per heavy atom. The molecule has 0 fully saturated rings. The van der Waals surface area contributed by atoms with E-state index in [2.05, 4.69) is 28.1 Å². The van der Waals surface area contributed by atoms with Crippen LogP contribution in [-0.4, -0.2) is 28.5 Å². The van der Waals surface area contributed by atoms with Crippen molar-refractivity contribution in [2.75, 3.05) is 13.1 Å². The second-order valence-electron chi connectivity index (χ2n) is 6.63. The van der Waals surface area contributed by atoms with E-state index < -0.39 is 0 Å². The number of benzene rings is 2. The molecule has 1 amide bonds. The number of carbonyl (C=O) groups excluding carboxylic acids is 1. The zero-order valence-corrected chi connectivity index (χ0v) is 15.2.